The maximum absolute atomic E-state index is 8.84. The van der Waals surface area contributed by atoms with Crippen LogP contribution in [0.1, 0.15) is 26.2 Å². The fourth-order valence-electron chi connectivity index (χ4n) is 2.52. The number of nitrogens with zero attached hydrogens (tertiary/aromatic N) is 3. The molecule has 1 aliphatic heterocycles. The second-order valence-electron chi connectivity index (χ2n) is 4.98. The zero-order valence-electron chi connectivity index (χ0n) is 11.2. The molecule has 1 aliphatic rings. The zero-order valence-corrected chi connectivity index (χ0v) is 11.2. The van der Waals surface area contributed by atoms with E-state index in [4.69, 9.17) is 5.11 Å². The first kappa shape index (κ1) is 13.4. The molecule has 5 nitrogen and oxygen atoms in total. The van der Waals surface area contributed by atoms with Crippen LogP contribution < -0.4 is 5.32 Å². The van der Waals surface area contributed by atoms with Crippen molar-refractivity contribution in [3.63, 3.8) is 0 Å². The molecule has 2 N–H and O–H groups in total. The molecule has 2 rings (SSSR count). The number of nitrogens with one attached hydrogen (secondary N) is 1. The van der Waals surface area contributed by atoms with E-state index in [1.165, 1.54) is 38.9 Å². The van der Waals surface area contributed by atoms with Gasteiger partial charge < -0.3 is 15.3 Å². The maximum Gasteiger partial charge on any atom is 0.0728 e. The van der Waals surface area contributed by atoms with Crippen LogP contribution in [0.25, 0.3) is 0 Å². The van der Waals surface area contributed by atoms with Gasteiger partial charge in [0.2, 0.25) is 0 Å². The Morgan fingerprint density at radius 2 is 2.17 bits per heavy atom. The first-order chi connectivity index (χ1) is 8.81. The minimum atomic E-state index is 0.135. The standard InChI is InChI=1S/C13H24N4O/c1-2-5-16-6-3-12(4-7-16)15-13-10-14-17(11-13)8-9-18/h10-12,15,18H,2-9H2,1H3. The molecule has 0 aliphatic carbocycles. The molecule has 1 saturated heterocycles. The summed E-state index contributed by atoms with van der Waals surface area (Å²) in [7, 11) is 0. The highest BCUT2D eigenvalue weighted by atomic mass is 16.3. The summed E-state index contributed by atoms with van der Waals surface area (Å²) in [5, 5.41) is 16.6. The van der Waals surface area contributed by atoms with Crippen molar-refractivity contribution in [1.82, 2.24) is 14.7 Å². The lowest BCUT2D eigenvalue weighted by Crippen LogP contribution is -2.39. The molecule has 0 saturated carbocycles. The zero-order chi connectivity index (χ0) is 12.8. The van der Waals surface area contributed by atoms with Gasteiger partial charge >= 0.3 is 0 Å². The van der Waals surface area contributed by atoms with Gasteiger partial charge in [-0.05, 0) is 25.8 Å². The molecule has 0 bridgehead atoms. The van der Waals surface area contributed by atoms with Crippen LogP contribution in [0.4, 0.5) is 5.69 Å². The van der Waals surface area contributed by atoms with Gasteiger partial charge in [-0.15, -0.1) is 0 Å². The average Bonchev–Trinajstić information content (AvgIpc) is 2.80. The highest BCUT2D eigenvalue weighted by molar-refractivity contribution is 5.39. The molecular formula is C13H24N4O. The van der Waals surface area contributed by atoms with Crippen molar-refractivity contribution in [3.05, 3.63) is 12.4 Å². The van der Waals surface area contributed by atoms with Crippen molar-refractivity contribution >= 4 is 5.69 Å². The highest BCUT2D eigenvalue weighted by Crippen LogP contribution is 2.16. The van der Waals surface area contributed by atoms with Gasteiger partial charge in [-0.25, -0.2) is 0 Å². The first-order valence-electron chi connectivity index (χ1n) is 6.94. The molecule has 0 aromatic carbocycles. The molecule has 18 heavy (non-hydrogen) atoms. The Labute approximate surface area is 109 Å². The Hall–Kier alpha value is -1.07. The second-order valence-corrected chi connectivity index (χ2v) is 4.98. The van der Waals surface area contributed by atoms with Gasteiger partial charge in [0, 0.05) is 25.3 Å². The third-order valence-electron chi connectivity index (χ3n) is 3.46. The lowest BCUT2D eigenvalue weighted by Gasteiger charge is -2.32. The fraction of sp³-hybridized carbons (Fsp3) is 0.769. The van der Waals surface area contributed by atoms with Gasteiger partial charge in [0.15, 0.2) is 0 Å². The number of hydrogen-bond acceptors (Lipinski definition) is 4. The normalized spacial score (nSPS) is 18.1. The van der Waals surface area contributed by atoms with Crippen LogP contribution in [0.2, 0.25) is 0 Å². The summed E-state index contributed by atoms with van der Waals surface area (Å²) >= 11 is 0. The number of anilines is 1. The molecule has 5 heteroatoms. The van der Waals surface area contributed by atoms with E-state index in [0.717, 1.165) is 5.69 Å². The predicted molar refractivity (Wildman–Crippen MR) is 72.7 cm³/mol. The molecule has 0 amide bonds. The van der Waals surface area contributed by atoms with Crippen molar-refractivity contribution in [2.45, 2.75) is 38.8 Å². The summed E-state index contributed by atoms with van der Waals surface area (Å²) in [6.45, 7) is 6.54. The molecule has 1 aromatic heterocycles. The lowest BCUT2D eigenvalue weighted by molar-refractivity contribution is 0.219. The van der Waals surface area contributed by atoms with E-state index in [1.54, 1.807) is 4.68 Å². The van der Waals surface area contributed by atoms with Crippen molar-refractivity contribution < 1.29 is 5.11 Å². The van der Waals surface area contributed by atoms with Crippen molar-refractivity contribution in [3.8, 4) is 0 Å². The van der Waals surface area contributed by atoms with Gasteiger partial charge in [0.05, 0.1) is 25.0 Å². The van der Waals surface area contributed by atoms with Crippen LogP contribution in [0, 0.1) is 0 Å². The van der Waals surface area contributed by atoms with Crippen LogP contribution in [0.3, 0.4) is 0 Å². The van der Waals surface area contributed by atoms with Crippen molar-refractivity contribution in [2.75, 3.05) is 31.6 Å². The van der Waals surface area contributed by atoms with Gasteiger partial charge in [-0.2, -0.15) is 5.10 Å². The summed E-state index contributed by atoms with van der Waals surface area (Å²) < 4.78 is 1.77. The van der Waals surface area contributed by atoms with Crippen LogP contribution >= 0.6 is 0 Å². The minimum Gasteiger partial charge on any atom is -0.394 e. The number of aromatic nitrogens is 2. The van der Waals surface area contributed by atoms with E-state index in [-0.39, 0.29) is 6.61 Å². The Kier molecular flexibility index (Phi) is 5.01. The first-order valence-corrected chi connectivity index (χ1v) is 6.94. The molecule has 2 heterocycles. The quantitative estimate of drug-likeness (QED) is 0.798. The van der Waals surface area contributed by atoms with Gasteiger partial charge in [-0.3, -0.25) is 4.68 Å². The number of piperidine rings is 1. The summed E-state index contributed by atoms with van der Waals surface area (Å²) in [6, 6.07) is 0.560. The smallest absolute Gasteiger partial charge is 0.0728 e. The number of hydrogen-bond donors (Lipinski definition) is 2. The van der Waals surface area contributed by atoms with E-state index in [9.17, 15) is 0 Å². The van der Waals surface area contributed by atoms with Crippen LogP contribution in [0.15, 0.2) is 12.4 Å². The lowest BCUT2D eigenvalue weighted by atomic mass is 10.0. The van der Waals surface area contributed by atoms with E-state index < -0.39 is 0 Å². The van der Waals surface area contributed by atoms with Gasteiger partial charge in [0.1, 0.15) is 0 Å². The van der Waals surface area contributed by atoms with E-state index in [2.05, 4.69) is 22.2 Å². The molecular weight excluding hydrogens is 228 g/mol. The van der Waals surface area contributed by atoms with E-state index in [0.29, 0.717) is 12.6 Å². The third-order valence-corrected chi connectivity index (χ3v) is 3.46. The van der Waals surface area contributed by atoms with Gasteiger partial charge in [0.25, 0.3) is 0 Å². The number of likely N-dealkylation sites (tertiary alicyclic amines) is 1. The minimum absolute atomic E-state index is 0.135. The summed E-state index contributed by atoms with van der Waals surface area (Å²) in [6.07, 6.45) is 7.45. The number of rotatable bonds is 6. The fourth-order valence-corrected chi connectivity index (χ4v) is 2.52. The van der Waals surface area contributed by atoms with Crippen LogP contribution in [-0.2, 0) is 6.54 Å². The topological polar surface area (TPSA) is 53.3 Å². The molecule has 0 unspecified atom stereocenters. The Morgan fingerprint density at radius 3 is 2.83 bits per heavy atom. The van der Waals surface area contributed by atoms with Crippen molar-refractivity contribution in [1.29, 1.82) is 0 Å². The Bertz CT molecular complexity index is 345. The van der Waals surface area contributed by atoms with Crippen LogP contribution in [-0.4, -0.2) is 52.1 Å². The Balaban J connectivity index is 1.76. The largest absolute Gasteiger partial charge is 0.394 e. The monoisotopic (exact) mass is 252 g/mol. The summed E-state index contributed by atoms with van der Waals surface area (Å²) in [4.78, 5) is 2.54. The number of aliphatic hydroxyl groups is 1. The Morgan fingerprint density at radius 1 is 1.39 bits per heavy atom. The number of aliphatic hydroxyl groups excluding tert-OH is 1. The van der Waals surface area contributed by atoms with Crippen molar-refractivity contribution in [2.24, 2.45) is 0 Å². The summed E-state index contributed by atoms with van der Waals surface area (Å²) in [5.41, 5.74) is 1.07. The molecule has 0 atom stereocenters. The second kappa shape index (κ2) is 6.75. The summed E-state index contributed by atoms with van der Waals surface area (Å²) in [5.74, 6) is 0. The molecule has 1 fully saturated rings. The molecule has 0 spiro atoms. The SMILES string of the molecule is CCCN1CCC(Nc2cnn(CCO)c2)CC1. The maximum atomic E-state index is 8.84. The predicted octanol–water partition coefficient (Wildman–Crippen LogP) is 1.16. The third kappa shape index (κ3) is 3.71. The molecule has 0 radical (unpaired) electrons. The molecule has 102 valence electrons. The van der Waals surface area contributed by atoms with Crippen LogP contribution in [0.5, 0.6) is 0 Å². The highest BCUT2D eigenvalue weighted by Gasteiger charge is 2.18. The van der Waals surface area contributed by atoms with E-state index >= 15 is 0 Å². The van der Waals surface area contributed by atoms with E-state index in [1.807, 2.05) is 12.4 Å². The molecule has 1 aromatic rings. The van der Waals surface area contributed by atoms with Gasteiger partial charge in [-0.1, -0.05) is 6.92 Å². The average molecular weight is 252 g/mol.